The van der Waals surface area contributed by atoms with Gasteiger partial charge in [-0.2, -0.15) is 0 Å². The van der Waals surface area contributed by atoms with Gasteiger partial charge in [-0.3, -0.25) is 14.3 Å². The number of carbonyl (C=O) groups is 2. The van der Waals surface area contributed by atoms with Crippen molar-refractivity contribution in [1.82, 2.24) is 4.90 Å². The van der Waals surface area contributed by atoms with Gasteiger partial charge in [0.2, 0.25) is 7.37 Å². The number of carboxylic acids is 1. The summed E-state index contributed by atoms with van der Waals surface area (Å²) >= 11 is 0. The zero-order valence-corrected chi connectivity index (χ0v) is 17.5. The molecule has 0 aromatic heterocycles. The van der Waals surface area contributed by atoms with Crippen LogP contribution in [-0.2, 0) is 27.1 Å². The van der Waals surface area contributed by atoms with Gasteiger partial charge in [0.25, 0.3) is 0 Å². The number of carbonyl (C=O) groups excluding carboxylic acids is 1. The molecule has 1 saturated heterocycles. The van der Waals surface area contributed by atoms with Gasteiger partial charge in [-0.25, -0.2) is 4.79 Å². The molecule has 2 aromatic rings. The first kappa shape index (κ1) is 22.1. The molecule has 1 fully saturated rings. The van der Waals surface area contributed by atoms with Crippen LogP contribution in [0.5, 0.6) is 0 Å². The Balaban J connectivity index is 1.66. The zero-order valence-electron chi connectivity index (χ0n) is 16.6. The van der Waals surface area contributed by atoms with E-state index in [0.29, 0.717) is 19.4 Å². The Kier molecular flexibility index (Phi) is 7.29. The molecule has 2 N–H and O–H groups in total. The highest BCUT2D eigenvalue weighted by molar-refractivity contribution is 7.58. The molecule has 2 aromatic carbocycles. The summed E-state index contributed by atoms with van der Waals surface area (Å²) in [7, 11) is -3.95. The Morgan fingerprint density at radius 1 is 1.07 bits per heavy atom. The summed E-state index contributed by atoms with van der Waals surface area (Å²) in [5.74, 6) is -3.05. The van der Waals surface area contributed by atoms with E-state index in [2.05, 4.69) is 0 Å². The second-order valence-corrected chi connectivity index (χ2v) is 9.99. The van der Waals surface area contributed by atoms with E-state index in [1.54, 1.807) is 24.3 Å². The smallest absolute Gasteiger partial charge is 0.410 e. The van der Waals surface area contributed by atoms with Crippen LogP contribution in [0.25, 0.3) is 0 Å². The molecule has 7 nitrogen and oxygen atoms in total. The summed E-state index contributed by atoms with van der Waals surface area (Å²) in [5.41, 5.74) is 1.61. The quantitative estimate of drug-likeness (QED) is 0.613. The molecule has 160 valence electrons. The van der Waals surface area contributed by atoms with Gasteiger partial charge >= 0.3 is 12.1 Å². The van der Waals surface area contributed by atoms with Crippen LogP contribution in [0.3, 0.4) is 0 Å². The number of hydrogen-bond acceptors (Lipinski definition) is 4. The predicted octanol–water partition coefficient (Wildman–Crippen LogP) is 3.96. The van der Waals surface area contributed by atoms with E-state index in [9.17, 15) is 24.2 Å². The largest absolute Gasteiger partial charge is 0.481 e. The van der Waals surface area contributed by atoms with Crippen LogP contribution in [0, 0.1) is 5.92 Å². The van der Waals surface area contributed by atoms with Gasteiger partial charge in [0.05, 0.1) is 5.92 Å². The van der Waals surface area contributed by atoms with Crippen molar-refractivity contribution in [2.45, 2.75) is 31.7 Å². The zero-order chi connectivity index (χ0) is 21.6. The van der Waals surface area contributed by atoms with Crippen molar-refractivity contribution in [3.05, 3.63) is 71.8 Å². The Morgan fingerprint density at radius 2 is 1.67 bits per heavy atom. The SMILES string of the molecule is O=C(O)C(Cc1ccccc1)CP(=O)(O)C1CCCN1C(=O)OCc1ccccc1. The van der Waals surface area contributed by atoms with E-state index in [0.717, 1.165) is 11.1 Å². The van der Waals surface area contributed by atoms with Gasteiger partial charge in [-0.1, -0.05) is 60.7 Å². The number of hydrogen-bond donors (Lipinski definition) is 2. The number of amides is 1. The Hall–Kier alpha value is -2.63. The van der Waals surface area contributed by atoms with Crippen molar-refractivity contribution in [2.75, 3.05) is 12.7 Å². The van der Waals surface area contributed by atoms with E-state index in [1.165, 1.54) is 4.90 Å². The molecule has 3 rings (SSSR count). The van der Waals surface area contributed by atoms with E-state index in [1.807, 2.05) is 36.4 Å². The van der Waals surface area contributed by atoms with Crippen LogP contribution in [-0.4, -0.2) is 45.5 Å². The molecule has 0 saturated carbocycles. The molecule has 8 heteroatoms. The molecular weight excluding hydrogens is 405 g/mol. The van der Waals surface area contributed by atoms with Crippen LogP contribution in [0.2, 0.25) is 0 Å². The number of benzene rings is 2. The van der Waals surface area contributed by atoms with Crippen LogP contribution in [0.4, 0.5) is 4.79 Å². The third-order valence-corrected chi connectivity index (χ3v) is 7.71. The second-order valence-electron chi connectivity index (χ2n) is 7.52. The average Bonchev–Trinajstić information content (AvgIpc) is 3.24. The molecule has 0 radical (unpaired) electrons. The van der Waals surface area contributed by atoms with Crippen molar-refractivity contribution in [2.24, 2.45) is 5.92 Å². The fourth-order valence-electron chi connectivity index (χ4n) is 3.75. The third kappa shape index (κ3) is 5.71. The maximum Gasteiger partial charge on any atom is 0.410 e. The normalized spacial score (nSPS) is 19.1. The molecule has 1 heterocycles. The molecule has 3 unspecified atom stereocenters. The minimum atomic E-state index is -3.95. The molecule has 0 aliphatic carbocycles. The fraction of sp³-hybridized carbons (Fsp3) is 0.364. The first-order valence-electron chi connectivity index (χ1n) is 9.92. The van der Waals surface area contributed by atoms with Crippen molar-refractivity contribution < 1.29 is 28.9 Å². The lowest BCUT2D eigenvalue weighted by Crippen LogP contribution is -2.37. The maximum absolute atomic E-state index is 13.2. The summed E-state index contributed by atoms with van der Waals surface area (Å²) in [6, 6.07) is 18.2. The third-order valence-electron chi connectivity index (χ3n) is 5.28. The van der Waals surface area contributed by atoms with E-state index < -0.39 is 31.1 Å². The minimum absolute atomic E-state index is 0.0738. The highest BCUT2D eigenvalue weighted by atomic mass is 31.2. The monoisotopic (exact) mass is 431 g/mol. The summed E-state index contributed by atoms with van der Waals surface area (Å²) in [6.45, 7) is 0.393. The highest BCUT2D eigenvalue weighted by Crippen LogP contribution is 2.53. The lowest BCUT2D eigenvalue weighted by atomic mass is 10.0. The Bertz CT molecular complexity index is 904. The lowest BCUT2D eigenvalue weighted by molar-refractivity contribution is -0.141. The predicted molar refractivity (Wildman–Crippen MR) is 112 cm³/mol. The van der Waals surface area contributed by atoms with Gasteiger partial charge in [-0.15, -0.1) is 0 Å². The summed E-state index contributed by atoms with van der Waals surface area (Å²) in [6.07, 6.45) is 0.0550. The second kappa shape index (κ2) is 9.92. The fourth-order valence-corrected chi connectivity index (χ4v) is 6.14. The van der Waals surface area contributed by atoms with Crippen LogP contribution >= 0.6 is 7.37 Å². The molecule has 3 atom stereocenters. The van der Waals surface area contributed by atoms with Gasteiger partial charge in [-0.05, 0) is 30.4 Å². The van der Waals surface area contributed by atoms with Crippen molar-refractivity contribution >= 4 is 19.4 Å². The number of nitrogens with zero attached hydrogens (tertiary/aromatic N) is 1. The number of likely N-dealkylation sites (tertiary alicyclic amines) is 1. The van der Waals surface area contributed by atoms with E-state index >= 15 is 0 Å². The molecule has 1 aliphatic heterocycles. The van der Waals surface area contributed by atoms with Crippen molar-refractivity contribution in [3.8, 4) is 0 Å². The molecular formula is C22H26NO6P. The number of ether oxygens (including phenoxy) is 1. The maximum atomic E-state index is 13.2. The molecule has 0 spiro atoms. The van der Waals surface area contributed by atoms with Crippen molar-refractivity contribution in [3.63, 3.8) is 0 Å². The van der Waals surface area contributed by atoms with Gasteiger partial charge in [0.1, 0.15) is 12.4 Å². The summed E-state index contributed by atoms with van der Waals surface area (Å²) < 4.78 is 18.5. The van der Waals surface area contributed by atoms with Crippen LogP contribution in [0.1, 0.15) is 24.0 Å². The minimum Gasteiger partial charge on any atom is -0.481 e. The first-order valence-corrected chi connectivity index (χ1v) is 11.8. The van der Waals surface area contributed by atoms with Crippen molar-refractivity contribution in [1.29, 1.82) is 0 Å². The molecule has 0 bridgehead atoms. The standard InChI is InChI=1S/C22H26NO6P/c24-21(25)19(14-17-8-3-1-4-9-17)16-30(27,28)20-12-7-13-23(20)22(26)29-15-18-10-5-2-6-11-18/h1-6,8-11,19-20H,7,12-16H2,(H,24,25)(H,27,28). The van der Waals surface area contributed by atoms with Gasteiger partial charge in [0.15, 0.2) is 0 Å². The highest BCUT2D eigenvalue weighted by Gasteiger charge is 2.44. The van der Waals surface area contributed by atoms with Gasteiger partial charge in [0, 0.05) is 12.7 Å². The summed E-state index contributed by atoms with van der Waals surface area (Å²) in [4.78, 5) is 36.3. The Morgan fingerprint density at radius 3 is 2.27 bits per heavy atom. The molecule has 30 heavy (non-hydrogen) atoms. The molecule has 1 amide bonds. The lowest BCUT2D eigenvalue weighted by Gasteiger charge is -2.29. The van der Waals surface area contributed by atoms with E-state index in [-0.39, 0.29) is 19.2 Å². The topological polar surface area (TPSA) is 104 Å². The first-order chi connectivity index (χ1) is 14.4. The van der Waals surface area contributed by atoms with E-state index in [4.69, 9.17) is 4.74 Å². The average molecular weight is 431 g/mol. The van der Waals surface area contributed by atoms with Crippen LogP contribution < -0.4 is 0 Å². The van der Waals surface area contributed by atoms with Crippen LogP contribution in [0.15, 0.2) is 60.7 Å². The number of rotatable bonds is 8. The number of carboxylic acid groups (broad SMARTS) is 1. The number of aliphatic carboxylic acids is 1. The van der Waals surface area contributed by atoms with Gasteiger partial charge < -0.3 is 14.7 Å². The Labute approximate surface area is 175 Å². The summed E-state index contributed by atoms with van der Waals surface area (Å²) in [5, 5.41) is 9.59. The molecule has 1 aliphatic rings.